The van der Waals surface area contributed by atoms with Crippen LogP contribution in [-0.4, -0.2) is 29.2 Å². The summed E-state index contributed by atoms with van der Waals surface area (Å²) in [5.41, 5.74) is 0.896. The summed E-state index contributed by atoms with van der Waals surface area (Å²) in [4.78, 5) is 15.4. The third-order valence-corrected chi connectivity index (χ3v) is 3.81. The maximum Gasteiger partial charge on any atom is 0.495 e. The Morgan fingerprint density at radius 1 is 1.20 bits per heavy atom. The zero-order valence-electron chi connectivity index (χ0n) is 12.9. The fourth-order valence-corrected chi connectivity index (χ4v) is 2.05. The van der Waals surface area contributed by atoms with Gasteiger partial charge in [-0.05, 0) is 52.2 Å². The van der Waals surface area contributed by atoms with Crippen LogP contribution in [0.3, 0.4) is 0 Å². The highest BCUT2D eigenvalue weighted by Gasteiger charge is 2.51. The van der Waals surface area contributed by atoms with Crippen LogP contribution in [0.1, 0.15) is 40.3 Å². The number of anilines is 1. The Labute approximate surface area is 120 Å². The van der Waals surface area contributed by atoms with Crippen LogP contribution in [0.15, 0.2) is 12.1 Å². The molecule has 0 atom stereocenters. The number of hydrogen-bond acceptors (Lipinski definition) is 4. The summed E-state index contributed by atoms with van der Waals surface area (Å²) in [7, 11) is -0.450. The SMILES string of the molecule is CC(=O)Nc1cc(B2OC(C)(C)C(C)(C)O2)cc(C)n1. The molecule has 108 valence electrons. The number of hydrogen-bond donors (Lipinski definition) is 1. The molecule has 2 heterocycles. The van der Waals surface area contributed by atoms with E-state index < -0.39 is 7.12 Å². The number of nitrogens with one attached hydrogen (secondary N) is 1. The summed E-state index contributed by atoms with van der Waals surface area (Å²) in [6, 6.07) is 3.70. The zero-order valence-corrected chi connectivity index (χ0v) is 12.9. The normalized spacial score (nSPS) is 20.0. The lowest BCUT2D eigenvalue weighted by Gasteiger charge is -2.32. The zero-order chi connectivity index (χ0) is 15.1. The molecule has 1 aliphatic rings. The first-order valence-electron chi connectivity index (χ1n) is 6.72. The molecule has 1 fully saturated rings. The van der Waals surface area contributed by atoms with Crippen LogP contribution in [0.2, 0.25) is 0 Å². The molecule has 1 aliphatic heterocycles. The molecule has 0 aromatic carbocycles. The molecule has 2 rings (SSSR count). The number of aryl methyl sites for hydroxylation is 1. The maximum atomic E-state index is 11.1. The van der Waals surface area contributed by atoms with Crippen molar-refractivity contribution in [1.82, 2.24) is 4.98 Å². The van der Waals surface area contributed by atoms with E-state index in [9.17, 15) is 4.79 Å². The summed E-state index contributed by atoms with van der Waals surface area (Å²) in [5, 5.41) is 2.69. The van der Waals surface area contributed by atoms with Gasteiger partial charge in [-0.15, -0.1) is 0 Å². The lowest BCUT2D eigenvalue weighted by molar-refractivity contribution is -0.114. The molecular formula is C14H21BN2O3. The van der Waals surface area contributed by atoms with E-state index in [1.165, 1.54) is 6.92 Å². The number of pyridine rings is 1. The van der Waals surface area contributed by atoms with Gasteiger partial charge in [-0.25, -0.2) is 4.98 Å². The first kappa shape index (κ1) is 15.0. The van der Waals surface area contributed by atoms with E-state index in [4.69, 9.17) is 9.31 Å². The highest BCUT2D eigenvalue weighted by molar-refractivity contribution is 6.62. The molecular weight excluding hydrogens is 255 g/mol. The van der Waals surface area contributed by atoms with E-state index in [2.05, 4.69) is 10.3 Å². The topological polar surface area (TPSA) is 60.5 Å². The second-order valence-corrected chi connectivity index (χ2v) is 6.20. The highest BCUT2D eigenvalue weighted by atomic mass is 16.7. The van der Waals surface area contributed by atoms with Gasteiger partial charge in [0.25, 0.3) is 0 Å². The van der Waals surface area contributed by atoms with Crippen molar-refractivity contribution >= 4 is 24.3 Å². The number of aromatic nitrogens is 1. The van der Waals surface area contributed by atoms with Crippen LogP contribution in [0.25, 0.3) is 0 Å². The van der Waals surface area contributed by atoms with Crippen molar-refractivity contribution in [2.75, 3.05) is 5.32 Å². The first-order valence-corrected chi connectivity index (χ1v) is 6.72. The van der Waals surface area contributed by atoms with Crippen molar-refractivity contribution < 1.29 is 14.1 Å². The summed E-state index contributed by atoms with van der Waals surface area (Å²) >= 11 is 0. The number of carbonyl (C=O) groups excluding carboxylic acids is 1. The molecule has 1 N–H and O–H groups in total. The van der Waals surface area contributed by atoms with Gasteiger partial charge >= 0.3 is 7.12 Å². The van der Waals surface area contributed by atoms with E-state index in [1.807, 2.05) is 40.7 Å². The largest absolute Gasteiger partial charge is 0.495 e. The molecule has 1 saturated heterocycles. The lowest BCUT2D eigenvalue weighted by Crippen LogP contribution is -2.41. The monoisotopic (exact) mass is 276 g/mol. The average molecular weight is 276 g/mol. The van der Waals surface area contributed by atoms with E-state index in [0.717, 1.165) is 11.2 Å². The molecule has 1 aromatic heterocycles. The Morgan fingerprint density at radius 3 is 2.25 bits per heavy atom. The Kier molecular flexibility index (Phi) is 3.65. The number of rotatable bonds is 2. The second-order valence-electron chi connectivity index (χ2n) is 6.20. The molecule has 0 bridgehead atoms. The van der Waals surface area contributed by atoms with Gasteiger partial charge in [-0.3, -0.25) is 4.79 Å². The molecule has 0 aliphatic carbocycles. The van der Waals surface area contributed by atoms with E-state index in [1.54, 1.807) is 6.07 Å². The van der Waals surface area contributed by atoms with Crippen molar-refractivity contribution in [3.8, 4) is 0 Å². The van der Waals surface area contributed by atoms with Crippen LogP contribution in [0.5, 0.6) is 0 Å². The molecule has 0 saturated carbocycles. The van der Waals surface area contributed by atoms with Gasteiger partial charge < -0.3 is 14.6 Å². The number of nitrogens with zero attached hydrogens (tertiary/aromatic N) is 1. The van der Waals surface area contributed by atoms with Crippen LogP contribution in [-0.2, 0) is 14.1 Å². The van der Waals surface area contributed by atoms with Gasteiger partial charge in [-0.1, -0.05) is 0 Å². The molecule has 0 unspecified atom stereocenters. The van der Waals surface area contributed by atoms with Crippen molar-refractivity contribution in [3.63, 3.8) is 0 Å². The minimum absolute atomic E-state index is 0.150. The molecule has 5 nitrogen and oxygen atoms in total. The number of carbonyl (C=O) groups is 1. The molecule has 20 heavy (non-hydrogen) atoms. The summed E-state index contributed by atoms with van der Waals surface area (Å²) in [6.07, 6.45) is 0. The smallest absolute Gasteiger partial charge is 0.399 e. The Hall–Kier alpha value is -1.40. The van der Waals surface area contributed by atoms with Crippen LogP contribution in [0, 0.1) is 6.92 Å². The van der Waals surface area contributed by atoms with Crippen molar-refractivity contribution in [2.45, 2.75) is 52.7 Å². The summed E-state index contributed by atoms with van der Waals surface area (Å²) in [6.45, 7) is 11.4. The van der Waals surface area contributed by atoms with Crippen molar-refractivity contribution in [1.29, 1.82) is 0 Å². The second kappa shape index (κ2) is 4.86. The molecule has 0 radical (unpaired) electrons. The fraction of sp³-hybridized carbons (Fsp3) is 0.571. The average Bonchev–Trinajstić information content (AvgIpc) is 2.46. The van der Waals surface area contributed by atoms with Crippen LogP contribution in [0.4, 0.5) is 5.82 Å². The van der Waals surface area contributed by atoms with Crippen LogP contribution >= 0.6 is 0 Å². The third-order valence-electron chi connectivity index (χ3n) is 3.81. The summed E-state index contributed by atoms with van der Waals surface area (Å²) in [5.74, 6) is 0.366. The Balaban J connectivity index is 2.30. The molecule has 1 aromatic rings. The standard InChI is InChI=1S/C14H21BN2O3/c1-9-7-11(8-12(16-9)17-10(2)18)15-19-13(3,4)14(5,6)20-15/h7-8H,1-6H3,(H,16,17,18). The third kappa shape index (κ3) is 2.86. The fourth-order valence-electron chi connectivity index (χ4n) is 2.05. The lowest BCUT2D eigenvalue weighted by atomic mass is 9.79. The molecule has 6 heteroatoms. The maximum absolute atomic E-state index is 11.1. The number of amides is 1. The van der Waals surface area contributed by atoms with Gasteiger partial charge in [-0.2, -0.15) is 0 Å². The van der Waals surface area contributed by atoms with E-state index >= 15 is 0 Å². The van der Waals surface area contributed by atoms with Crippen molar-refractivity contribution in [3.05, 3.63) is 17.8 Å². The minimum atomic E-state index is -0.450. The molecule has 0 spiro atoms. The predicted molar refractivity (Wildman–Crippen MR) is 79.0 cm³/mol. The predicted octanol–water partition coefficient (Wildman–Crippen LogP) is 1.65. The van der Waals surface area contributed by atoms with E-state index in [0.29, 0.717) is 5.82 Å². The molecule has 1 amide bonds. The first-order chi connectivity index (χ1) is 9.10. The van der Waals surface area contributed by atoms with Crippen LogP contribution < -0.4 is 10.8 Å². The Bertz CT molecular complexity index is 527. The van der Waals surface area contributed by atoms with Gasteiger partial charge in [0.15, 0.2) is 0 Å². The van der Waals surface area contributed by atoms with Gasteiger partial charge in [0.05, 0.1) is 11.2 Å². The summed E-state index contributed by atoms with van der Waals surface area (Å²) < 4.78 is 12.0. The quantitative estimate of drug-likeness (QED) is 0.834. The van der Waals surface area contributed by atoms with Gasteiger partial charge in [0.2, 0.25) is 5.91 Å². The van der Waals surface area contributed by atoms with Gasteiger partial charge in [0, 0.05) is 12.6 Å². The van der Waals surface area contributed by atoms with Crippen molar-refractivity contribution in [2.24, 2.45) is 0 Å². The van der Waals surface area contributed by atoms with E-state index in [-0.39, 0.29) is 17.1 Å². The minimum Gasteiger partial charge on any atom is -0.399 e. The van der Waals surface area contributed by atoms with Gasteiger partial charge in [0.1, 0.15) is 5.82 Å². The Morgan fingerprint density at radius 2 is 1.75 bits per heavy atom. The highest BCUT2D eigenvalue weighted by Crippen LogP contribution is 2.36.